The molecule has 1 atom stereocenters. The van der Waals surface area contributed by atoms with E-state index < -0.39 is 0 Å². The number of nitrogens with zero attached hydrogens (tertiary/aromatic N) is 2. The van der Waals surface area contributed by atoms with Gasteiger partial charge in [-0.15, -0.1) is 0 Å². The molecule has 0 aliphatic heterocycles. The third-order valence-corrected chi connectivity index (χ3v) is 9.61. The summed E-state index contributed by atoms with van der Waals surface area (Å²) in [6.07, 6.45) is 14.8. The highest BCUT2D eigenvalue weighted by atomic mass is 15.2. The van der Waals surface area contributed by atoms with Gasteiger partial charge in [0, 0.05) is 28.4 Å². The van der Waals surface area contributed by atoms with E-state index in [1.165, 1.54) is 56.0 Å². The second kappa shape index (κ2) is 16.6. The molecule has 0 spiro atoms. The van der Waals surface area contributed by atoms with E-state index in [4.69, 9.17) is 0 Å². The van der Waals surface area contributed by atoms with Crippen molar-refractivity contribution in [2.75, 3.05) is 9.80 Å². The van der Waals surface area contributed by atoms with Crippen LogP contribution < -0.4 is 9.80 Å². The lowest BCUT2D eigenvalue weighted by Crippen LogP contribution is -2.31. The average molecular weight is 669 g/mol. The molecule has 0 bridgehead atoms. The van der Waals surface area contributed by atoms with Crippen molar-refractivity contribution in [2.24, 2.45) is 5.92 Å². The predicted molar refractivity (Wildman–Crippen MR) is 222 cm³/mol. The van der Waals surface area contributed by atoms with Crippen molar-refractivity contribution < 1.29 is 0 Å². The summed E-state index contributed by atoms with van der Waals surface area (Å²) < 4.78 is 0. The van der Waals surface area contributed by atoms with Gasteiger partial charge >= 0.3 is 0 Å². The quantitative estimate of drug-likeness (QED) is 0.0964. The predicted octanol–water partition coefficient (Wildman–Crippen LogP) is 13.7. The number of aryl methyl sites for hydroxylation is 3. The van der Waals surface area contributed by atoms with E-state index in [0.29, 0.717) is 5.92 Å². The first-order valence-corrected chi connectivity index (χ1v) is 18.5. The van der Waals surface area contributed by atoms with Crippen LogP contribution in [0.1, 0.15) is 67.9 Å². The van der Waals surface area contributed by atoms with Crippen molar-refractivity contribution in [2.45, 2.75) is 66.8 Å². The lowest BCUT2D eigenvalue weighted by atomic mass is 9.91. The Morgan fingerprint density at radius 1 is 0.686 bits per heavy atom. The Hall–Kier alpha value is -5.34. The van der Waals surface area contributed by atoms with Gasteiger partial charge in [0.1, 0.15) is 0 Å². The summed E-state index contributed by atoms with van der Waals surface area (Å²) in [4.78, 5) is 4.86. The minimum absolute atomic E-state index is 0.194. The smallest absolute Gasteiger partial charge is 0.0561 e. The van der Waals surface area contributed by atoms with Crippen LogP contribution in [0, 0.1) is 26.7 Å². The fourth-order valence-electron chi connectivity index (χ4n) is 6.90. The largest absolute Gasteiger partial charge is 0.334 e. The molecule has 0 aromatic heterocycles. The molecule has 0 amide bonds. The normalized spacial score (nSPS) is 14.8. The molecule has 1 unspecified atom stereocenters. The first kappa shape index (κ1) is 35.5. The zero-order chi connectivity index (χ0) is 35.7. The Kier molecular flexibility index (Phi) is 11.5. The molecule has 0 fully saturated rings. The van der Waals surface area contributed by atoms with Crippen LogP contribution in [0.3, 0.4) is 0 Å². The summed E-state index contributed by atoms with van der Waals surface area (Å²) in [7, 11) is 0. The van der Waals surface area contributed by atoms with E-state index in [9.17, 15) is 0 Å². The van der Waals surface area contributed by atoms with Crippen LogP contribution in [0.15, 0.2) is 163 Å². The molecule has 0 heterocycles. The first-order chi connectivity index (χ1) is 24.8. The Labute approximate surface area is 306 Å². The van der Waals surface area contributed by atoms with Gasteiger partial charge < -0.3 is 9.80 Å². The fourth-order valence-corrected chi connectivity index (χ4v) is 6.90. The van der Waals surface area contributed by atoms with Crippen molar-refractivity contribution in [3.63, 3.8) is 0 Å². The van der Waals surface area contributed by atoms with E-state index >= 15 is 0 Å². The van der Waals surface area contributed by atoms with Crippen LogP contribution in [0.5, 0.6) is 0 Å². The molecule has 0 radical (unpaired) electrons. The standard InChI is InChI=1S/C49H52N2/c1-7-41(22-19-36(2)3)49(35-40-15-11-13-38(5)33-40)42-23-27-45(28-24-42)50(44-25-20-37(4)21-26-44)46-29-31-47(32-30-46)51(43-16-9-8-10-17-43)48-18-12-14-39(6)34-48/h8-18,20-31,33-36,47H,7,19,32H2,1-6H3/b41-22+,49-35+. The molecule has 0 saturated heterocycles. The maximum atomic E-state index is 2.46. The van der Waals surface area contributed by atoms with E-state index in [-0.39, 0.29) is 6.04 Å². The van der Waals surface area contributed by atoms with Gasteiger partial charge in [-0.05, 0) is 134 Å². The third-order valence-electron chi connectivity index (χ3n) is 9.61. The van der Waals surface area contributed by atoms with Crippen LogP contribution in [0.25, 0.3) is 11.6 Å². The fraction of sp³-hybridized carbons (Fsp3) is 0.224. The van der Waals surface area contributed by atoms with Gasteiger partial charge in [-0.3, -0.25) is 0 Å². The number of hydrogen-bond acceptors (Lipinski definition) is 2. The summed E-state index contributed by atoms with van der Waals surface area (Å²) in [5.41, 5.74) is 14.9. The number of para-hydroxylation sites is 1. The van der Waals surface area contributed by atoms with Gasteiger partial charge in [0.25, 0.3) is 0 Å². The molecule has 5 aromatic carbocycles. The van der Waals surface area contributed by atoms with Crippen molar-refractivity contribution >= 4 is 34.4 Å². The summed E-state index contributed by atoms with van der Waals surface area (Å²) in [6.45, 7) is 13.3. The summed E-state index contributed by atoms with van der Waals surface area (Å²) in [5.74, 6) is 0.616. The van der Waals surface area contributed by atoms with Crippen LogP contribution in [0.2, 0.25) is 0 Å². The minimum Gasteiger partial charge on any atom is -0.334 e. The number of hydrogen-bond donors (Lipinski definition) is 0. The Morgan fingerprint density at radius 3 is 1.94 bits per heavy atom. The molecule has 0 N–H and O–H groups in total. The molecule has 0 saturated carbocycles. The topological polar surface area (TPSA) is 6.48 Å². The van der Waals surface area contributed by atoms with Crippen molar-refractivity contribution in [1.82, 2.24) is 0 Å². The van der Waals surface area contributed by atoms with Crippen LogP contribution in [-0.4, -0.2) is 6.04 Å². The number of allylic oxidation sites excluding steroid dienone is 4. The zero-order valence-corrected chi connectivity index (χ0v) is 31.2. The minimum atomic E-state index is 0.194. The zero-order valence-electron chi connectivity index (χ0n) is 31.2. The SMILES string of the molecule is CCC(=C\CC(C)C)/C(=C\c1cccc(C)c1)c1ccc(N(C2=CCC(N(c3ccccc3)c3cccc(C)c3)C=C2)c2ccc(C)cc2)cc1. The lowest BCUT2D eigenvalue weighted by Gasteiger charge is -2.35. The van der Waals surface area contributed by atoms with Crippen molar-refractivity contribution in [3.8, 4) is 0 Å². The van der Waals surface area contributed by atoms with E-state index in [1.807, 2.05) is 0 Å². The Balaban J connectivity index is 1.36. The van der Waals surface area contributed by atoms with E-state index in [0.717, 1.165) is 30.6 Å². The van der Waals surface area contributed by atoms with Gasteiger partial charge in [0.15, 0.2) is 0 Å². The molecular weight excluding hydrogens is 617 g/mol. The van der Waals surface area contributed by atoms with Gasteiger partial charge in [0.05, 0.1) is 6.04 Å². The summed E-state index contributed by atoms with van der Waals surface area (Å²) in [5, 5.41) is 0. The number of rotatable bonds is 12. The van der Waals surface area contributed by atoms with Gasteiger partial charge in [0.2, 0.25) is 0 Å². The maximum Gasteiger partial charge on any atom is 0.0561 e. The average Bonchev–Trinajstić information content (AvgIpc) is 3.14. The Bertz CT molecular complexity index is 2020. The number of benzene rings is 5. The molecule has 1 aliphatic carbocycles. The molecule has 258 valence electrons. The lowest BCUT2D eigenvalue weighted by molar-refractivity contribution is 0.661. The summed E-state index contributed by atoms with van der Waals surface area (Å²) >= 11 is 0. The van der Waals surface area contributed by atoms with E-state index in [1.54, 1.807) is 0 Å². The third kappa shape index (κ3) is 8.88. The van der Waals surface area contributed by atoms with Crippen LogP contribution >= 0.6 is 0 Å². The molecule has 1 aliphatic rings. The van der Waals surface area contributed by atoms with Crippen molar-refractivity contribution in [3.05, 3.63) is 191 Å². The monoisotopic (exact) mass is 668 g/mol. The Morgan fingerprint density at radius 2 is 1.33 bits per heavy atom. The molecule has 6 rings (SSSR count). The van der Waals surface area contributed by atoms with Crippen LogP contribution in [-0.2, 0) is 0 Å². The number of anilines is 4. The second-order valence-corrected chi connectivity index (χ2v) is 14.2. The van der Waals surface area contributed by atoms with Gasteiger partial charge in [-0.1, -0.05) is 129 Å². The van der Waals surface area contributed by atoms with Gasteiger partial charge in [-0.25, -0.2) is 0 Å². The van der Waals surface area contributed by atoms with Crippen molar-refractivity contribution in [1.29, 1.82) is 0 Å². The van der Waals surface area contributed by atoms with Gasteiger partial charge in [-0.2, -0.15) is 0 Å². The molecule has 2 nitrogen and oxygen atoms in total. The highest BCUT2D eigenvalue weighted by Gasteiger charge is 2.23. The molecule has 5 aromatic rings. The summed E-state index contributed by atoms with van der Waals surface area (Å²) in [6, 6.07) is 46.7. The molecule has 51 heavy (non-hydrogen) atoms. The van der Waals surface area contributed by atoms with Crippen LogP contribution in [0.4, 0.5) is 22.7 Å². The van der Waals surface area contributed by atoms with E-state index in [2.05, 4.69) is 209 Å². The molecule has 2 heteroatoms. The molecular formula is C49H52N2. The maximum absolute atomic E-state index is 2.46. The highest BCUT2D eigenvalue weighted by Crippen LogP contribution is 2.37. The highest BCUT2D eigenvalue weighted by molar-refractivity contribution is 5.91. The second-order valence-electron chi connectivity index (χ2n) is 14.2. The first-order valence-electron chi connectivity index (χ1n) is 18.5.